The smallest absolute Gasteiger partial charge is 0.303 e. The topological polar surface area (TPSA) is 64.0 Å². The first kappa shape index (κ1) is 13.4. The Labute approximate surface area is 96.7 Å². The number of β-amino-alcohol motifs (C(OH)–C–C–N with tert-alkyl or cyclic N) is 1. The summed E-state index contributed by atoms with van der Waals surface area (Å²) >= 11 is 0. The zero-order chi connectivity index (χ0) is 12.0. The summed E-state index contributed by atoms with van der Waals surface area (Å²) in [4.78, 5) is 14.9. The highest BCUT2D eigenvalue weighted by Gasteiger charge is 2.18. The molecule has 0 bridgehead atoms. The van der Waals surface area contributed by atoms with Crippen LogP contribution in [0.5, 0.6) is 0 Å². The molecule has 16 heavy (non-hydrogen) atoms. The Morgan fingerprint density at radius 1 is 1.25 bits per heavy atom. The Morgan fingerprint density at radius 2 is 1.81 bits per heavy atom. The van der Waals surface area contributed by atoms with E-state index in [0.717, 1.165) is 32.7 Å². The van der Waals surface area contributed by atoms with Crippen molar-refractivity contribution in [2.24, 2.45) is 0 Å². The average molecular weight is 230 g/mol. The van der Waals surface area contributed by atoms with Crippen LogP contribution in [0, 0.1) is 0 Å². The molecule has 0 radical (unpaired) electrons. The van der Waals surface area contributed by atoms with Crippen LogP contribution < -0.4 is 0 Å². The summed E-state index contributed by atoms with van der Waals surface area (Å²) in [5.74, 6) is -0.838. The highest BCUT2D eigenvalue weighted by Crippen LogP contribution is 2.05. The largest absolute Gasteiger partial charge is 0.481 e. The Hall–Kier alpha value is -0.650. The molecule has 0 saturated carbocycles. The van der Waals surface area contributed by atoms with Crippen molar-refractivity contribution in [1.82, 2.24) is 9.80 Å². The van der Waals surface area contributed by atoms with E-state index in [2.05, 4.69) is 16.7 Å². The van der Waals surface area contributed by atoms with Gasteiger partial charge in [0.1, 0.15) is 0 Å². The van der Waals surface area contributed by atoms with Crippen LogP contribution in [0.2, 0.25) is 0 Å². The molecule has 1 heterocycles. The third-order valence-corrected chi connectivity index (χ3v) is 3.07. The molecule has 1 atom stereocenters. The number of hydrogen-bond donors (Lipinski definition) is 2. The maximum Gasteiger partial charge on any atom is 0.303 e. The van der Waals surface area contributed by atoms with Gasteiger partial charge in [0, 0.05) is 39.1 Å². The van der Waals surface area contributed by atoms with Crippen molar-refractivity contribution >= 4 is 5.97 Å². The Balaban J connectivity index is 2.15. The van der Waals surface area contributed by atoms with Gasteiger partial charge in [-0.15, -0.1) is 0 Å². The van der Waals surface area contributed by atoms with E-state index in [-0.39, 0.29) is 6.42 Å². The number of piperazine rings is 1. The lowest BCUT2D eigenvalue weighted by Crippen LogP contribution is -2.48. The molecular formula is C11H22N2O3. The zero-order valence-electron chi connectivity index (χ0n) is 9.93. The van der Waals surface area contributed by atoms with Gasteiger partial charge in [-0.2, -0.15) is 0 Å². The maximum absolute atomic E-state index is 10.3. The van der Waals surface area contributed by atoms with Crippen LogP contribution in [0.25, 0.3) is 0 Å². The summed E-state index contributed by atoms with van der Waals surface area (Å²) in [6.45, 7) is 7.86. The third-order valence-electron chi connectivity index (χ3n) is 3.07. The molecule has 5 heteroatoms. The zero-order valence-corrected chi connectivity index (χ0v) is 9.93. The minimum atomic E-state index is -0.838. The Morgan fingerprint density at radius 3 is 2.31 bits per heavy atom. The molecule has 1 aliphatic heterocycles. The minimum absolute atomic E-state index is 0.0517. The van der Waals surface area contributed by atoms with Gasteiger partial charge in [0.25, 0.3) is 0 Å². The molecule has 1 saturated heterocycles. The van der Waals surface area contributed by atoms with Crippen LogP contribution in [0.3, 0.4) is 0 Å². The number of carbonyl (C=O) groups is 1. The van der Waals surface area contributed by atoms with Crippen molar-refractivity contribution in [2.75, 3.05) is 39.3 Å². The van der Waals surface area contributed by atoms with Gasteiger partial charge in [-0.1, -0.05) is 6.92 Å². The van der Waals surface area contributed by atoms with Gasteiger partial charge in [0.2, 0.25) is 0 Å². The molecular weight excluding hydrogens is 208 g/mol. The second kappa shape index (κ2) is 6.83. The fourth-order valence-electron chi connectivity index (χ4n) is 1.97. The lowest BCUT2D eigenvalue weighted by molar-refractivity contribution is -0.137. The predicted octanol–water partition coefficient (Wildman–Crippen LogP) is -0.150. The number of likely N-dealkylation sites (N-methyl/N-ethyl adjacent to an activating group) is 1. The Kier molecular flexibility index (Phi) is 5.73. The number of carboxylic acids is 1. The molecule has 5 nitrogen and oxygen atoms in total. The summed E-state index contributed by atoms with van der Waals surface area (Å²) in [6, 6.07) is 0. The standard InChI is InChI=1S/C11H22N2O3/c1-2-12-5-7-13(8-6-12)9-10(14)3-4-11(15)16/h10,14H,2-9H2,1H3,(H,15,16). The molecule has 1 unspecified atom stereocenters. The van der Waals surface area contributed by atoms with Crippen LogP contribution in [0.4, 0.5) is 0 Å². The molecule has 94 valence electrons. The summed E-state index contributed by atoms with van der Waals surface area (Å²) in [6.07, 6.45) is -0.108. The number of aliphatic hydroxyl groups excluding tert-OH is 1. The van der Waals surface area contributed by atoms with Crippen LogP contribution in [0.15, 0.2) is 0 Å². The van der Waals surface area contributed by atoms with Gasteiger partial charge in [-0.05, 0) is 13.0 Å². The van der Waals surface area contributed by atoms with Gasteiger partial charge in [-0.3, -0.25) is 9.69 Å². The van der Waals surface area contributed by atoms with Crippen LogP contribution in [0.1, 0.15) is 19.8 Å². The number of aliphatic hydroxyl groups is 1. The SMILES string of the molecule is CCN1CCN(CC(O)CCC(=O)O)CC1. The molecule has 0 spiro atoms. The molecule has 0 amide bonds. The highest BCUT2D eigenvalue weighted by atomic mass is 16.4. The Bertz CT molecular complexity index is 215. The third kappa shape index (κ3) is 4.92. The quantitative estimate of drug-likeness (QED) is 0.664. The fourth-order valence-corrected chi connectivity index (χ4v) is 1.97. The van der Waals surface area contributed by atoms with Crippen molar-refractivity contribution in [1.29, 1.82) is 0 Å². The molecule has 0 aromatic heterocycles. The number of rotatable bonds is 6. The molecule has 0 aromatic carbocycles. The summed E-state index contributed by atoms with van der Waals surface area (Å²) in [5.41, 5.74) is 0. The first-order valence-corrected chi connectivity index (χ1v) is 5.96. The lowest BCUT2D eigenvalue weighted by atomic mass is 10.2. The summed E-state index contributed by atoms with van der Waals surface area (Å²) in [7, 11) is 0. The lowest BCUT2D eigenvalue weighted by Gasteiger charge is -2.34. The second-order valence-electron chi connectivity index (χ2n) is 4.32. The van der Waals surface area contributed by atoms with Gasteiger partial charge in [0.15, 0.2) is 0 Å². The number of aliphatic carboxylic acids is 1. The normalized spacial score (nSPS) is 20.9. The van der Waals surface area contributed by atoms with Crippen LogP contribution >= 0.6 is 0 Å². The van der Waals surface area contributed by atoms with Crippen molar-refractivity contribution in [2.45, 2.75) is 25.9 Å². The molecule has 0 aromatic rings. The van der Waals surface area contributed by atoms with E-state index < -0.39 is 12.1 Å². The van der Waals surface area contributed by atoms with E-state index in [1.807, 2.05) is 0 Å². The van der Waals surface area contributed by atoms with Crippen molar-refractivity contribution in [3.05, 3.63) is 0 Å². The van der Waals surface area contributed by atoms with E-state index in [9.17, 15) is 9.90 Å². The van der Waals surface area contributed by atoms with E-state index >= 15 is 0 Å². The molecule has 1 rings (SSSR count). The molecule has 2 N–H and O–H groups in total. The van der Waals surface area contributed by atoms with Crippen molar-refractivity contribution < 1.29 is 15.0 Å². The summed E-state index contributed by atoms with van der Waals surface area (Å²) < 4.78 is 0. The monoisotopic (exact) mass is 230 g/mol. The highest BCUT2D eigenvalue weighted by molar-refractivity contribution is 5.66. The van der Waals surface area contributed by atoms with Gasteiger partial charge in [-0.25, -0.2) is 0 Å². The summed E-state index contributed by atoms with van der Waals surface area (Å²) in [5, 5.41) is 18.2. The van der Waals surface area contributed by atoms with Gasteiger partial charge < -0.3 is 15.1 Å². The van der Waals surface area contributed by atoms with Gasteiger partial charge >= 0.3 is 5.97 Å². The first-order chi connectivity index (χ1) is 7.61. The van der Waals surface area contributed by atoms with Crippen LogP contribution in [-0.4, -0.2) is 71.4 Å². The van der Waals surface area contributed by atoms with E-state index in [1.54, 1.807) is 0 Å². The maximum atomic E-state index is 10.3. The molecule has 1 aliphatic rings. The van der Waals surface area contributed by atoms with Crippen molar-refractivity contribution in [3.63, 3.8) is 0 Å². The minimum Gasteiger partial charge on any atom is -0.481 e. The van der Waals surface area contributed by atoms with Crippen molar-refractivity contribution in [3.8, 4) is 0 Å². The van der Waals surface area contributed by atoms with Gasteiger partial charge in [0.05, 0.1) is 6.10 Å². The first-order valence-electron chi connectivity index (χ1n) is 5.96. The number of hydrogen-bond acceptors (Lipinski definition) is 4. The van der Waals surface area contributed by atoms with E-state index in [1.165, 1.54) is 0 Å². The fraction of sp³-hybridized carbons (Fsp3) is 0.909. The molecule has 1 fully saturated rings. The van der Waals surface area contributed by atoms with E-state index in [4.69, 9.17) is 5.11 Å². The van der Waals surface area contributed by atoms with E-state index in [0.29, 0.717) is 13.0 Å². The second-order valence-corrected chi connectivity index (χ2v) is 4.32. The average Bonchev–Trinajstić information content (AvgIpc) is 2.27. The predicted molar refractivity (Wildman–Crippen MR) is 61.4 cm³/mol. The number of carboxylic acid groups (broad SMARTS) is 1. The molecule has 0 aliphatic carbocycles. The van der Waals surface area contributed by atoms with Crippen LogP contribution in [-0.2, 0) is 4.79 Å². The number of nitrogens with zero attached hydrogens (tertiary/aromatic N) is 2.